The Bertz CT molecular complexity index is 1030. The number of rotatable bonds is 6. The van der Waals surface area contributed by atoms with Gasteiger partial charge in [0.25, 0.3) is 11.8 Å². The zero-order chi connectivity index (χ0) is 20.6. The van der Waals surface area contributed by atoms with Crippen LogP contribution in [0.25, 0.3) is 6.08 Å². The van der Waals surface area contributed by atoms with Crippen molar-refractivity contribution < 1.29 is 14.4 Å². The van der Waals surface area contributed by atoms with E-state index in [9.17, 15) is 14.4 Å². The lowest BCUT2D eigenvalue weighted by molar-refractivity contribution is -0.114. The van der Waals surface area contributed by atoms with Crippen LogP contribution in [-0.4, -0.2) is 17.7 Å². The first-order chi connectivity index (χ1) is 14.0. The lowest BCUT2D eigenvalue weighted by Crippen LogP contribution is -2.30. The van der Waals surface area contributed by atoms with Crippen molar-refractivity contribution >= 4 is 46.5 Å². The summed E-state index contributed by atoms with van der Waals surface area (Å²) in [7, 11) is 0. The minimum absolute atomic E-state index is 0.132. The van der Waals surface area contributed by atoms with E-state index in [4.69, 9.17) is 0 Å². The van der Waals surface area contributed by atoms with Gasteiger partial charge >= 0.3 is 0 Å². The van der Waals surface area contributed by atoms with Gasteiger partial charge in [-0.15, -0.1) is 11.3 Å². The number of carbonyl (C=O) groups is 3. The van der Waals surface area contributed by atoms with Crippen molar-refractivity contribution in [3.05, 3.63) is 88.2 Å². The molecule has 1 aromatic heterocycles. The smallest absolute Gasteiger partial charge is 0.272 e. The Morgan fingerprint density at radius 3 is 2.07 bits per heavy atom. The predicted molar refractivity (Wildman–Crippen MR) is 116 cm³/mol. The molecule has 0 aliphatic rings. The maximum absolute atomic E-state index is 12.8. The molecular formula is C22H19N3O3S. The second kappa shape index (κ2) is 9.48. The highest BCUT2D eigenvalue weighted by Gasteiger charge is 2.15. The van der Waals surface area contributed by atoms with E-state index < -0.39 is 5.91 Å². The first kappa shape index (κ1) is 20.0. The molecule has 0 aliphatic carbocycles. The normalized spacial score (nSPS) is 10.9. The number of hydrogen-bond donors (Lipinski definition) is 3. The van der Waals surface area contributed by atoms with Gasteiger partial charge in [-0.1, -0.05) is 24.3 Å². The van der Waals surface area contributed by atoms with Gasteiger partial charge in [-0.3, -0.25) is 14.4 Å². The molecular weight excluding hydrogens is 386 g/mol. The van der Waals surface area contributed by atoms with Crippen LogP contribution < -0.4 is 16.0 Å². The summed E-state index contributed by atoms with van der Waals surface area (Å²) in [5, 5.41) is 10.0. The standard InChI is InChI=1S/C22H19N3O3S/c1-15(26)23-17-9-11-18(12-10-17)24-22(28)20(14-19-8-5-13-29-19)25-21(27)16-6-3-2-4-7-16/h2-14H,1H3,(H,23,26)(H,24,28)(H,25,27)/b20-14-. The van der Waals surface area contributed by atoms with Gasteiger partial charge in [0, 0.05) is 28.7 Å². The van der Waals surface area contributed by atoms with Gasteiger partial charge in [-0.2, -0.15) is 0 Å². The first-order valence-electron chi connectivity index (χ1n) is 8.82. The fourth-order valence-corrected chi connectivity index (χ4v) is 3.15. The topological polar surface area (TPSA) is 87.3 Å². The van der Waals surface area contributed by atoms with Crippen LogP contribution in [0.4, 0.5) is 11.4 Å². The summed E-state index contributed by atoms with van der Waals surface area (Å²) < 4.78 is 0. The molecule has 0 spiro atoms. The van der Waals surface area contributed by atoms with Crippen LogP contribution in [0.2, 0.25) is 0 Å². The van der Waals surface area contributed by atoms with Crippen LogP contribution in [0.3, 0.4) is 0 Å². The van der Waals surface area contributed by atoms with E-state index in [0.29, 0.717) is 16.9 Å². The van der Waals surface area contributed by atoms with Crippen molar-refractivity contribution in [2.24, 2.45) is 0 Å². The molecule has 3 aromatic rings. The monoisotopic (exact) mass is 405 g/mol. The molecule has 6 nitrogen and oxygen atoms in total. The summed E-state index contributed by atoms with van der Waals surface area (Å²) >= 11 is 1.46. The Kier molecular flexibility index (Phi) is 6.55. The van der Waals surface area contributed by atoms with E-state index in [2.05, 4.69) is 16.0 Å². The van der Waals surface area contributed by atoms with Gasteiger partial charge in [0.1, 0.15) is 5.70 Å². The Hall–Kier alpha value is -3.71. The van der Waals surface area contributed by atoms with E-state index >= 15 is 0 Å². The van der Waals surface area contributed by atoms with E-state index in [1.165, 1.54) is 18.3 Å². The quantitative estimate of drug-likeness (QED) is 0.539. The molecule has 3 rings (SSSR count). The number of hydrogen-bond acceptors (Lipinski definition) is 4. The molecule has 1 heterocycles. The van der Waals surface area contributed by atoms with Crippen LogP contribution >= 0.6 is 11.3 Å². The number of nitrogens with one attached hydrogen (secondary N) is 3. The van der Waals surface area contributed by atoms with Crippen molar-refractivity contribution in [2.75, 3.05) is 10.6 Å². The van der Waals surface area contributed by atoms with E-state index in [1.807, 2.05) is 23.6 Å². The van der Waals surface area contributed by atoms with E-state index in [-0.39, 0.29) is 17.5 Å². The Morgan fingerprint density at radius 1 is 0.828 bits per heavy atom. The lowest BCUT2D eigenvalue weighted by atomic mass is 10.2. The maximum atomic E-state index is 12.8. The molecule has 0 saturated carbocycles. The third kappa shape index (κ3) is 5.88. The minimum Gasteiger partial charge on any atom is -0.326 e. The zero-order valence-corrected chi connectivity index (χ0v) is 16.5. The molecule has 0 radical (unpaired) electrons. The SMILES string of the molecule is CC(=O)Nc1ccc(NC(=O)/C(=C/c2cccs2)NC(=O)c2ccccc2)cc1. The largest absolute Gasteiger partial charge is 0.326 e. The summed E-state index contributed by atoms with van der Waals surface area (Å²) in [5.41, 5.74) is 1.75. The number of thiophene rings is 1. The average molecular weight is 405 g/mol. The van der Waals surface area contributed by atoms with Crippen LogP contribution in [0.5, 0.6) is 0 Å². The van der Waals surface area contributed by atoms with Crippen LogP contribution in [-0.2, 0) is 9.59 Å². The van der Waals surface area contributed by atoms with Crippen molar-refractivity contribution in [3.63, 3.8) is 0 Å². The van der Waals surface area contributed by atoms with Crippen molar-refractivity contribution in [2.45, 2.75) is 6.92 Å². The molecule has 146 valence electrons. The van der Waals surface area contributed by atoms with Gasteiger partial charge in [-0.05, 0) is 53.9 Å². The van der Waals surface area contributed by atoms with Gasteiger partial charge in [0.15, 0.2) is 0 Å². The predicted octanol–water partition coefficient (Wildman–Crippen LogP) is 4.12. The fourth-order valence-electron chi connectivity index (χ4n) is 2.50. The van der Waals surface area contributed by atoms with Gasteiger partial charge in [0.2, 0.25) is 5.91 Å². The minimum atomic E-state index is -0.449. The summed E-state index contributed by atoms with van der Waals surface area (Å²) in [6.45, 7) is 1.42. The molecule has 3 N–H and O–H groups in total. The second-order valence-electron chi connectivity index (χ2n) is 6.11. The van der Waals surface area contributed by atoms with Gasteiger partial charge < -0.3 is 16.0 Å². The highest BCUT2D eigenvalue weighted by Crippen LogP contribution is 2.17. The summed E-state index contributed by atoms with van der Waals surface area (Å²) in [6.07, 6.45) is 1.63. The van der Waals surface area contributed by atoms with E-state index in [0.717, 1.165) is 4.88 Å². The molecule has 0 atom stereocenters. The number of carbonyl (C=O) groups excluding carboxylic acids is 3. The van der Waals surface area contributed by atoms with Crippen LogP contribution in [0.1, 0.15) is 22.2 Å². The molecule has 0 aliphatic heterocycles. The Labute approximate surface area is 172 Å². The molecule has 0 saturated heterocycles. The van der Waals surface area contributed by atoms with Crippen LogP contribution in [0, 0.1) is 0 Å². The molecule has 29 heavy (non-hydrogen) atoms. The number of amides is 3. The summed E-state index contributed by atoms with van der Waals surface area (Å²) in [4.78, 5) is 37.3. The maximum Gasteiger partial charge on any atom is 0.272 e. The molecule has 0 unspecified atom stereocenters. The number of benzene rings is 2. The summed E-state index contributed by atoms with van der Waals surface area (Å²) in [5.74, 6) is -0.994. The highest BCUT2D eigenvalue weighted by atomic mass is 32.1. The Balaban J connectivity index is 1.77. The van der Waals surface area contributed by atoms with Crippen molar-refractivity contribution in [3.8, 4) is 0 Å². The van der Waals surface area contributed by atoms with E-state index in [1.54, 1.807) is 54.6 Å². The van der Waals surface area contributed by atoms with Gasteiger partial charge in [-0.25, -0.2) is 0 Å². The molecule has 0 bridgehead atoms. The third-order valence-corrected chi connectivity index (χ3v) is 4.64. The molecule has 0 fully saturated rings. The second-order valence-corrected chi connectivity index (χ2v) is 7.09. The lowest BCUT2D eigenvalue weighted by Gasteiger charge is -2.11. The van der Waals surface area contributed by atoms with Crippen molar-refractivity contribution in [1.82, 2.24) is 5.32 Å². The molecule has 3 amide bonds. The third-order valence-electron chi connectivity index (χ3n) is 3.82. The summed E-state index contributed by atoms with van der Waals surface area (Å²) in [6, 6.07) is 19.1. The van der Waals surface area contributed by atoms with Gasteiger partial charge in [0.05, 0.1) is 0 Å². The first-order valence-corrected chi connectivity index (χ1v) is 9.70. The molecule has 7 heteroatoms. The fraction of sp³-hybridized carbons (Fsp3) is 0.0455. The number of anilines is 2. The highest BCUT2D eigenvalue weighted by molar-refractivity contribution is 7.10. The molecule has 2 aromatic carbocycles. The average Bonchev–Trinajstić information content (AvgIpc) is 3.22. The van der Waals surface area contributed by atoms with Crippen LogP contribution in [0.15, 0.2) is 77.8 Å². The Morgan fingerprint density at radius 2 is 1.48 bits per heavy atom. The van der Waals surface area contributed by atoms with Crippen molar-refractivity contribution in [1.29, 1.82) is 0 Å². The zero-order valence-electron chi connectivity index (χ0n) is 15.6.